The molecule has 0 radical (unpaired) electrons. The lowest BCUT2D eigenvalue weighted by atomic mass is 10.0. The van der Waals surface area contributed by atoms with Crippen molar-refractivity contribution in [1.82, 2.24) is 0 Å². The van der Waals surface area contributed by atoms with Gasteiger partial charge in [0.25, 0.3) is 0 Å². The van der Waals surface area contributed by atoms with Crippen LogP contribution in [-0.2, 0) is 0 Å². The standard InChI is InChI=1S/C16H14O2/c1-10-11(2)16-13(8-15(10)17)14(9-18-16)12-6-4-3-5-7-12/h3-9,17H,1-2H3. The van der Waals surface area contributed by atoms with Crippen molar-refractivity contribution < 1.29 is 9.52 Å². The van der Waals surface area contributed by atoms with Gasteiger partial charge >= 0.3 is 0 Å². The van der Waals surface area contributed by atoms with E-state index in [1.54, 1.807) is 12.3 Å². The van der Waals surface area contributed by atoms with Crippen LogP contribution in [0.2, 0.25) is 0 Å². The number of fused-ring (bicyclic) bond motifs is 1. The van der Waals surface area contributed by atoms with Gasteiger partial charge < -0.3 is 9.52 Å². The van der Waals surface area contributed by atoms with Gasteiger partial charge in [-0.05, 0) is 36.6 Å². The van der Waals surface area contributed by atoms with Gasteiger partial charge in [0, 0.05) is 10.9 Å². The summed E-state index contributed by atoms with van der Waals surface area (Å²) in [4.78, 5) is 0. The summed E-state index contributed by atoms with van der Waals surface area (Å²) in [6.45, 7) is 3.87. The fourth-order valence-electron chi connectivity index (χ4n) is 2.25. The van der Waals surface area contributed by atoms with Crippen LogP contribution in [-0.4, -0.2) is 5.11 Å². The molecule has 0 saturated carbocycles. The molecule has 1 N–H and O–H groups in total. The SMILES string of the molecule is Cc1c(O)cc2c(-c3ccccc3)coc2c1C. The Morgan fingerprint density at radius 3 is 2.44 bits per heavy atom. The van der Waals surface area contributed by atoms with Gasteiger partial charge in [-0.2, -0.15) is 0 Å². The van der Waals surface area contributed by atoms with Crippen LogP contribution in [0, 0.1) is 13.8 Å². The van der Waals surface area contributed by atoms with Crippen molar-refractivity contribution in [2.75, 3.05) is 0 Å². The zero-order chi connectivity index (χ0) is 12.7. The first-order chi connectivity index (χ1) is 8.68. The van der Waals surface area contributed by atoms with Crippen molar-refractivity contribution in [2.24, 2.45) is 0 Å². The van der Waals surface area contributed by atoms with E-state index in [1.807, 2.05) is 44.2 Å². The minimum atomic E-state index is 0.318. The number of rotatable bonds is 1. The number of aromatic hydroxyl groups is 1. The van der Waals surface area contributed by atoms with Crippen molar-refractivity contribution in [2.45, 2.75) is 13.8 Å². The number of benzene rings is 2. The number of furan rings is 1. The normalized spacial score (nSPS) is 11.0. The lowest BCUT2D eigenvalue weighted by Crippen LogP contribution is -1.83. The van der Waals surface area contributed by atoms with Crippen LogP contribution in [0.5, 0.6) is 5.75 Å². The van der Waals surface area contributed by atoms with Gasteiger partial charge in [-0.3, -0.25) is 0 Å². The van der Waals surface area contributed by atoms with E-state index < -0.39 is 0 Å². The molecule has 0 fully saturated rings. The van der Waals surface area contributed by atoms with Crippen molar-refractivity contribution in [3.8, 4) is 16.9 Å². The topological polar surface area (TPSA) is 33.4 Å². The summed E-state index contributed by atoms with van der Waals surface area (Å²) >= 11 is 0. The molecule has 2 aromatic carbocycles. The maximum atomic E-state index is 9.95. The average Bonchev–Trinajstić information content (AvgIpc) is 2.81. The fourth-order valence-corrected chi connectivity index (χ4v) is 2.25. The van der Waals surface area contributed by atoms with E-state index in [4.69, 9.17) is 4.42 Å². The van der Waals surface area contributed by atoms with E-state index in [1.165, 1.54) is 0 Å². The Kier molecular flexibility index (Phi) is 2.37. The summed E-state index contributed by atoms with van der Waals surface area (Å²) in [5.74, 6) is 0.318. The minimum absolute atomic E-state index is 0.318. The second-order valence-corrected chi connectivity index (χ2v) is 4.54. The Labute approximate surface area is 105 Å². The molecular formula is C16H14O2. The van der Waals surface area contributed by atoms with Crippen molar-refractivity contribution in [3.05, 3.63) is 53.8 Å². The highest BCUT2D eigenvalue weighted by Gasteiger charge is 2.13. The van der Waals surface area contributed by atoms with Gasteiger partial charge in [0.2, 0.25) is 0 Å². The molecule has 90 valence electrons. The lowest BCUT2D eigenvalue weighted by molar-refractivity contribution is 0.471. The third-order valence-corrected chi connectivity index (χ3v) is 3.48. The minimum Gasteiger partial charge on any atom is -0.508 e. The van der Waals surface area contributed by atoms with Crippen LogP contribution in [0.25, 0.3) is 22.1 Å². The molecule has 3 aromatic rings. The number of phenolic OH excluding ortho intramolecular Hbond substituents is 1. The molecule has 2 heteroatoms. The molecule has 0 atom stereocenters. The monoisotopic (exact) mass is 238 g/mol. The molecule has 0 spiro atoms. The predicted octanol–water partition coefficient (Wildman–Crippen LogP) is 4.42. The third kappa shape index (κ3) is 1.50. The van der Waals surface area contributed by atoms with Gasteiger partial charge in [-0.1, -0.05) is 30.3 Å². The first-order valence-corrected chi connectivity index (χ1v) is 5.94. The number of hydrogen-bond donors (Lipinski definition) is 1. The molecule has 0 aliphatic heterocycles. The third-order valence-electron chi connectivity index (χ3n) is 3.48. The molecule has 2 nitrogen and oxygen atoms in total. The van der Waals surface area contributed by atoms with E-state index in [9.17, 15) is 5.11 Å². The quantitative estimate of drug-likeness (QED) is 0.680. The number of phenols is 1. The summed E-state index contributed by atoms with van der Waals surface area (Å²) in [5.41, 5.74) is 4.83. The molecule has 0 aliphatic carbocycles. The first kappa shape index (κ1) is 10.9. The van der Waals surface area contributed by atoms with Gasteiger partial charge in [-0.15, -0.1) is 0 Å². The summed E-state index contributed by atoms with van der Waals surface area (Å²) in [5, 5.41) is 10.9. The molecule has 0 saturated heterocycles. The summed E-state index contributed by atoms with van der Waals surface area (Å²) in [6.07, 6.45) is 1.76. The van der Waals surface area contributed by atoms with E-state index in [-0.39, 0.29) is 0 Å². The molecule has 0 unspecified atom stereocenters. The molecular weight excluding hydrogens is 224 g/mol. The van der Waals surface area contributed by atoms with Gasteiger partial charge in [0.15, 0.2) is 0 Å². The number of hydrogen-bond acceptors (Lipinski definition) is 2. The Balaban J connectivity index is 2.34. The van der Waals surface area contributed by atoms with E-state index in [0.717, 1.165) is 33.2 Å². The Hall–Kier alpha value is -2.22. The Morgan fingerprint density at radius 1 is 1.00 bits per heavy atom. The maximum Gasteiger partial charge on any atom is 0.137 e. The summed E-state index contributed by atoms with van der Waals surface area (Å²) < 4.78 is 5.66. The first-order valence-electron chi connectivity index (χ1n) is 5.94. The van der Waals surface area contributed by atoms with E-state index >= 15 is 0 Å². The highest BCUT2D eigenvalue weighted by molar-refractivity contribution is 5.97. The smallest absolute Gasteiger partial charge is 0.137 e. The van der Waals surface area contributed by atoms with Crippen LogP contribution >= 0.6 is 0 Å². The van der Waals surface area contributed by atoms with Crippen LogP contribution in [0.4, 0.5) is 0 Å². The molecule has 18 heavy (non-hydrogen) atoms. The van der Waals surface area contributed by atoms with Crippen LogP contribution in [0.3, 0.4) is 0 Å². The molecule has 0 aliphatic rings. The number of aryl methyl sites for hydroxylation is 1. The molecule has 1 heterocycles. The predicted molar refractivity (Wildman–Crippen MR) is 72.8 cm³/mol. The molecule has 3 rings (SSSR count). The Bertz CT molecular complexity index is 709. The van der Waals surface area contributed by atoms with E-state index in [2.05, 4.69) is 0 Å². The Morgan fingerprint density at radius 2 is 1.72 bits per heavy atom. The van der Waals surface area contributed by atoms with E-state index in [0.29, 0.717) is 5.75 Å². The summed E-state index contributed by atoms with van der Waals surface area (Å²) in [6, 6.07) is 11.8. The summed E-state index contributed by atoms with van der Waals surface area (Å²) in [7, 11) is 0. The largest absolute Gasteiger partial charge is 0.508 e. The maximum absolute atomic E-state index is 9.95. The molecule has 0 bridgehead atoms. The van der Waals surface area contributed by atoms with Gasteiger partial charge in [0.1, 0.15) is 11.3 Å². The zero-order valence-corrected chi connectivity index (χ0v) is 10.4. The van der Waals surface area contributed by atoms with Gasteiger partial charge in [0.05, 0.1) is 6.26 Å². The highest BCUT2D eigenvalue weighted by Crippen LogP contribution is 2.36. The molecule has 0 amide bonds. The zero-order valence-electron chi connectivity index (χ0n) is 10.4. The van der Waals surface area contributed by atoms with Crippen molar-refractivity contribution >= 4 is 11.0 Å². The fraction of sp³-hybridized carbons (Fsp3) is 0.125. The second-order valence-electron chi connectivity index (χ2n) is 4.54. The van der Waals surface area contributed by atoms with Crippen molar-refractivity contribution in [1.29, 1.82) is 0 Å². The molecule has 1 aromatic heterocycles. The highest BCUT2D eigenvalue weighted by atomic mass is 16.3. The average molecular weight is 238 g/mol. The lowest BCUT2D eigenvalue weighted by Gasteiger charge is -2.04. The van der Waals surface area contributed by atoms with Crippen molar-refractivity contribution in [3.63, 3.8) is 0 Å². The van der Waals surface area contributed by atoms with Crippen LogP contribution in [0.15, 0.2) is 47.1 Å². The van der Waals surface area contributed by atoms with Crippen LogP contribution < -0.4 is 0 Å². The van der Waals surface area contributed by atoms with Gasteiger partial charge in [-0.25, -0.2) is 0 Å². The van der Waals surface area contributed by atoms with Crippen LogP contribution in [0.1, 0.15) is 11.1 Å². The second kappa shape index (κ2) is 3.91.